The molecule has 0 heterocycles. The van der Waals surface area contributed by atoms with Crippen LogP contribution in [0.5, 0.6) is 23.0 Å². The first-order valence-corrected chi connectivity index (χ1v) is 8.98. The van der Waals surface area contributed by atoms with Crippen LogP contribution < -0.4 is 9.05 Å². The maximum Gasteiger partial charge on any atom is 0.596 e. The van der Waals surface area contributed by atoms with Gasteiger partial charge < -0.3 is 29.0 Å². The largest absolute Gasteiger partial charge is 0.596 e. The number of rotatable bonds is 6. The van der Waals surface area contributed by atoms with Crippen LogP contribution in [0.25, 0.3) is 0 Å². The lowest BCUT2D eigenvalue weighted by Crippen LogP contribution is -2.04. The van der Waals surface area contributed by atoms with Crippen molar-refractivity contribution in [2.45, 2.75) is 0 Å². The standard InChI is InChI=1S/C12H12O9P2/c13-9-1-5-11(6-2-9)19-23(18,21-22(15,16)17)20-12-7-3-10(14)4-8-12/h1-8,13-14H,(H2,15,16,17). The number of phosphoric ester groups is 1. The second-order valence-electron chi connectivity index (χ2n) is 4.19. The van der Waals surface area contributed by atoms with Crippen molar-refractivity contribution >= 4 is 15.6 Å². The van der Waals surface area contributed by atoms with E-state index >= 15 is 0 Å². The molecule has 0 saturated carbocycles. The van der Waals surface area contributed by atoms with Gasteiger partial charge in [0.25, 0.3) is 0 Å². The molecule has 0 aliphatic carbocycles. The van der Waals surface area contributed by atoms with Gasteiger partial charge in [0.15, 0.2) is 0 Å². The van der Waals surface area contributed by atoms with Gasteiger partial charge in [-0.1, -0.05) is 0 Å². The number of phenolic OH excluding ortho intramolecular Hbond substituents is 2. The van der Waals surface area contributed by atoms with Crippen molar-refractivity contribution in [3.8, 4) is 23.0 Å². The van der Waals surface area contributed by atoms with E-state index in [9.17, 15) is 9.13 Å². The van der Waals surface area contributed by atoms with Crippen molar-refractivity contribution in [3.63, 3.8) is 0 Å². The van der Waals surface area contributed by atoms with E-state index < -0.39 is 15.6 Å². The average molecular weight is 362 g/mol. The summed E-state index contributed by atoms with van der Waals surface area (Å²) in [5.41, 5.74) is 0. The molecule has 2 aromatic rings. The lowest BCUT2D eigenvalue weighted by molar-refractivity contribution is 0.233. The van der Waals surface area contributed by atoms with Crippen LogP contribution in [-0.2, 0) is 13.4 Å². The second-order valence-corrected chi connectivity index (χ2v) is 7.08. The Morgan fingerprint density at radius 2 is 1.04 bits per heavy atom. The summed E-state index contributed by atoms with van der Waals surface area (Å²) in [5, 5.41) is 18.3. The van der Waals surface area contributed by atoms with Crippen molar-refractivity contribution in [1.82, 2.24) is 0 Å². The highest BCUT2D eigenvalue weighted by molar-refractivity contribution is 7.61. The molecular formula is C12H12O9P2. The Morgan fingerprint density at radius 1 is 0.696 bits per heavy atom. The summed E-state index contributed by atoms with van der Waals surface area (Å²) in [4.78, 5) is 17.7. The van der Waals surface area contributed by atoms with Gasteiger partial charge in [-0.05, 0) is 48.5 Å². The summed E-state index contributed by atoms with van der Waals surface area (Å²) in [6.07, 6.45) is 0. The smallest absolute Gasteiger partial charge is 0.508 e. The van der Waals surface area contributed by atoms with Crippen molar-refractivity contribution in [2.75, 3.05) is 0 Å². The number of hydrogen-bond acceptors (Lipinski definition) is 7. The predicted octanol–water partition coefficient (Wildman–Crippen LogP) is 2.77. The van der Waals surface area contributed by atoms with Crippen LogP contribution in [0.4, 0.5) is 0 Å². The minimum atomic E-state index is -5.19. The van der Waals surface area contributed by atoms with E-state index in [4.69, 9.17) is 29.0 Å². The average Bonchev–Trinajstić information content (AvgIpc) is 2.42. The molecule has 0 atom stereocenters. The summed E-state index contributed by atoms with van der Waals surface area (Å²) in [6, 6.07) is 9.62. The van der Waals surface area contributed by atoms with Crippen molar-refractivity contribution in [3.05, 3.63) is 48.5 Å². The summed E-state index contributed by atoms with van der Waals surface area (Å²) in [6.45, 7) is 0. The fourth-order valence-corrected chi connectivity index (χ4v) is 3.56. The van der Waals surface area contributed by atoms with Gasteiger partial charge in [-0.25, -0.2) is 9.13 Å². The zero-order valence-corrected chi connectivity index (χ0v) is 13.1. The molecule has 0 bridgehead atoms. The molecule has 2 aromatic carbocycles. The molecule has 23 heavy (non-hydrogen) atoms. The molecule has 0 aromatic heterocycles. The first kappa shape index (κ1) is 17.3. The molecule has 4 N–H and O–H groups in total. The number of phosphoric acid groups is 2. The Hall–Kier alpha value is -2.02. The minimum absolute atomic E-state index is 0.0949. The van der Waals surface area contributed by atoms with E-state index in [1.807, 2.05) is 0 Å². The number of benzene rings is 2. The highest BCUT2D eigenvalue weighted by Crippen LogP contribution is 2.60. The third-order valence-electron chi connectivity index (χ3n) is 2.31. The van der Waals surface area contributed by atoms with Crippen LogP contribution in [0.2, 0.25) is 0 Å². The highest BCUT2D eigenvalue weighted by Gasteiger charge is 2.39. The Morgan fingerprint density at radius 3 is 1.35 bits per heavy atom. The molecule has 124 valence electrons. The minimum Gasteiger partial charge on any atom is -0.508 e. The van der Waals surface area contributed by atoms with Gasteiger partial charge >= 0.3 is 15.6 Å². The molecular weight excluding hydrogens is 350 g/mol. The number of phenols is 2. The van der Waals surface area contributed by atoms with Crippen LogP contribution >= 0.6 is 15.6 Å². The van der Waals surface area contributed by atoms with Gasteiger partial charge in [0, 0.05) is 0 Å². The second kappa shape index (κ2) is 6.62. The molecule has 0 amide bonds. The topological polar surface area (TPSA) is 143 Å². The Balaban J connectivity index is 2.27. The van der Waals surface area contributed by atoms with Crippen molar-refractivity contribution in [1.29, 1.82) is 0 Å². The van der Waals surface area contributed by atoms with Gasteiger partial charge in [0.1, 0.15) is 23.0 Å². The quantitative estimate of drug-likeness (QED) is 0.570. The van der Waals surface area contributed by atoms with E-state index in [2.05, 4.69) is 4.31 Å². The third-order valence-corrected chi connectivity index (χ3v) is 4.83. The highest BCUT2D eigenvalue weighted by atomic mass is 31.3. The molecule has 0 unspecified atom stereocenters. The van der Waals surface area contributed by atoms with Gasteiger partial charge in [-0.2, -0.15) is 4.31 Å². The molecule has 0 aliphatic heterocycles. The van der Waals surface area contributed by atoms with Crippen molar-refractivity contribution < 1.29 is 42.5 Å². The Labute approximate surface area is 130 Å². The van der Waals surface area contributed by atoms with Gasteiger partial charge in [-0.3, -0.25) is 0 Å². The number of aromatic hydroxyl groups is 2. The SMILES string of the molecule is O=P(O)(O)OP(=O)(Oc1ccc(O)cc1)Oc1ccc(O)cc1. The van der Waals surface area contributed by atoms with E-state index in [0.29, 0.717) is 0 Å². The lowest BCUT2D eigenvalue weighted by atomic mass is 10.3. The fraction of sp³-hybridized carbons (Fsp3) is 0. The summed E-state index contributed by atoms with van der Waals surface area (Å²) in [7, 11) is -9.93. The summed E-state index contributed by atoms with van der Waals surface area (Å²) < 4.78 is 37.4. The summed E-state index contributed by atoms with van der Waals surface area (Å²) in [5.74, 6) is -0.415. The molecule has 0 radical (unpaired) electrons. The van der Waals surface area contributed by atoms with E-state index in [1.165, 1.54) is 48.5 Å². The van der Waals surface area contributed by atoms with Crippen LogP contribution in [0, 0.1) is 0 Å². The van der Waals surface area contributed by atoms with Gasteiger partial charge in [0.2, 0.25) is 0 Å². The van der Waals surface area contributed by atoms with Crippen LogP contribution in [-0.4, -0.2) is 20.0 Å². The molecule has 0 saturated heterocycles. The third kappa shape index (κ3) is 5.59. The van der Waals surface area contributed by atoms with E-state index in [1.54, 1.807) is 0 Å². The molecule has 2 rings (SSSR count). The van der Waals surface area contributed by atoms with Crippen LogP contribution in [0.15, 0.2) is 48.5 Å². The van der Waals surface area contributed by atoms with E-state index in [-0.39, 0.29) is 23.0 Å². The van der Waals surface area contributed by atoms with E-state index in [0.717, 1.165) is 0 Å². The van der Waals surface area contributed by atoms with Crippen molar-refractivity contribution in [2.24, 2.45) is 0 Å². The van der Waals surface area contributed by atoms with Gasteiger partial charge in [0.05, 0.1) is 0 Å². The zero-order chi connectivity index (χ0) is 17.1. The molecule has 9 nitrogen and oxygen atoms in total. The van der Waals surface area contributed by atoms with Crippen LogP contribution in [0.3, 0.4) is 0 Å². The first-order valence-electron chi connectivity index (χ1n) is 5.99. The molecule has 0 fully saturated rings. The maximum absolute atomic E-state index is 12.5. The Bertz CT molecular complexity index is 700. The molecule has 0 spiro atoms. The monoisotopic (exact) mass is 362 g/mol. The zero-order valence-electron chi connectivity index (χ0n) is 11.3. The number of hydrogen-bond donors (Lipinski definition) is 4. The molecule has 11 heteroatoms. The maximum atomic E-state index is 12.5. The first-order chi connectivity index (χ1) is 10.7. The van der Waals surface area contributed by atoms with Crippen LogP contribution in [0.1, 0.15) is 0 Å². The van der Waals surface area contributed by atoms with Gasteiger partial charge in [-0.15, -0.1) is 0 Å². The normalized spacial score (nSPS) is 11.9. The fourth-order valence-electron chi connectivity index (χ4n) is 1.45. The summed E-state index contributed by atoms with van der Waals surface area (Å²) >= 11 is 0. The Kier molecular flexibility index (Phi) is 4.99. The molecule has 0 aliphatic rings. The lowest BCUT2D eigenvalue weighted by Gasteiger charge is -2.19. The predicted molar refractivity (Wildman–Crippen MR) is 78.2 cm³/mol.